The van der Waals surface area contributed by atoms with Crippen LogP contribution in [0.15, 0.2) is 24.3 Å². The van der Waals surface area contributed by atoms with Gasteiger partial charge < -0.3 is 5.73 Å². The Morgan fingerprint density at radius 3 is 2.47 bits per heavy atom. The van der Waals surface area contributed by atoms with E-state index in [0.29, 0.717) is 12.2 Å². The zero-order valence-electron chi connectivity index (χ0n) is 11.3. The molecule has 0 saturated heterocycles. The van der Waals surface area contributed by atoms with Crippen molar-refractivity contribution in [2.45, 2.75) is 25.0 Å². The van der Waals surface area contributed by atoms with E-state index in [0.717, 1.165) is 30.6 Å². The number of sulfonamides is 1. The first-order chi connectivity index (χ1) is 9.03. The van der Waals surface area contributed by atoms with E-state index in [2.05, 4.69) is 11.0 Å². The molecule has 4 nitrogen and oxygen atoms in total. The third-order valence-electron chi connectivity index (χ3n) is 2.68. The molecule has 0 saturated carbocycles. The SMILES string of the molecule is CSCCCCCNS(=O)(=O)Cc1ccc(N)cc1. The summed E-state index contributed by atoms with van der Waals surface area (Å²) in [6, 6.07) is 6.92. The van der Waals surface area contributed by atoms with E-state index < -0.39 is 10.0 Å². The smallest absolute Gasteiger partial charge is 0.215 e. The second-order valence-electron chi connectivity index (χ2n) is 4.45. The van der Waals surface area contributed by atoms with Crippen molar-refractivity contribution in [2.75, 3.05) is 24.3 Å². The Bertz CT molecular complexity index is 458. The van der Waals surface area contributed by atoms with Gasteiger partial charge in [0.1, 0.15) is 0 Å². The molecule has 3 N–H and O–H groups in total. The monoisotopic (exact) mass is 302 g/mol. The van der Waals surface area contributed by atoms with Gasteiger partial charge in [-0.05, 0) is 42.5 Å². The van der Waals surface area contributed by atoms with Gasteiger partial charge in [0.05, 0.1) is 5.75 Å². The highest BCUT2D eigenvalue weighted by molar-refractivity contribution is 7.98. The molecule has 0 aliphatic rings. The highest BCUT2D eigenvalue weighted by Gasteiger charge is 2.10. The zero-order valence-corrected chi connectivity index (χ0v) is 12.9. The van der Waals surface area contributed by atoms with Crippen molar-refractivity contribution in [3.05, 3.63) is 29.8 Å². The van der Waals surface area contributed by atoms with Crippen LogP contribution in [0.5, 0.6) is 0 Å². The normalized spacial score (nSPS) is 11.6. The molecule has 0 aliphatic heterocycles. The number of benzene rings is 1. The fraction of sp³-hybridized carbons (Fsp3) is 0.538. The summed E-state index contributed by atoms with van der Waals surface area (Å²) in [5.74, 6) is 1.15. The summed E-state index contributed by atoms with van der Waals surface area (Å²) in [6.45, 7) is 0.520. The lowest BCUT2D eigenvalue weighted by atomic mass is 10.2. The number of nitrogens with one attached hydrogen (secondary N) is 1. The van der Waals surface area contributed by atoms with Crippen LogP contribution in [0.3, 0.4) is 0 Å². The molecular formula is C13H22N2O2S2. The molecule has 0 heterocycles. The third kappa shape index (κ3) is 7.44. The average Bonchev–Trinajstić information content (AvgIpc) is 2.36. The van der Waals surface area contributed by atoms with Gasteiger partial charge in [0, 0.05) is 12.2 Å². The maximum atomic E-state index is 11.8. The second kappa shape index (κ2) is 8.45. The largest absolute Gasteiger partial charge is 0.399 e. The second-order valence-corrected chi connectivity index (χ2v) is 7.24. The van der Waals surface area contributed by atoms with Gasteiger partial charge in [-0.15, -0.1) is 0 Å². The van der Waals surface area contributed by atoms with Gasteiger partial charge in [-0.2, -0.15) is 11.8 Å². The predicted octanol–water partition coefficient (Wildman–Crippen LogP) is 2.22. The first-order valence-corrected chi connectivity index (χ1v) is 9.39. The average molecular weight is 302 g/mol. The Hall–Kier alpha value is -0.720. The highest BCUT2D eigenvalue weighted by Crippen LogP contribution is 2.09. The maximum absolute atomic E-state index is 11.8. The number of unbranched alkanes of at least 4 members (excludes halogenated alkanes) is 2. The van der Waals surface area contributed by atoms with Crippen LogP contribution in [0.2, 0.25) is 0 Å². The first kappa shape index (κ1) is 16.3. The summed E-state index contributed by atoms with van der Waals surface area (Å²) in [5.41, 5.74) is 6.96. The lowest BCUT2D eigenvalue weighted by Crippen LogP contribution is -2.26. The summed E-state index contributed by atoms with van der Waals surface area (Å²) < 4.78 is 26.3. The summed E-state index contributed by atoms with van der Waals surface area (Å²) in [4.78, 5) is 0. The zero-order chi connectivity index (χ0) is 14.1. The number of thioether (sulfide) groups is 1. The van der Waals surface area contributed by atoms with Crippen molar-refractivity contribution in [3.63, 3.8) is 0 Å². The maximum Gasteiger partial charge on any atom is 0.215 e. The van der Waals surface area contributed by atoms with Crippen molar-refractivity contribution < 1.29 is 8.42 Å². The molecule has 0 aromatic heterocycles. The molecule has 1 aromatic rings. The third-order valence-corrected chi connectivity index (χ3v) is 4.74. The van der Waals surface area contributed by atoms with E-state index in [1.807, 2.05) is 11.8 Å². The Morgan fingerprint density at radius 1 is 1.16 bits per heavy atom. The van der Waals surface area contributed by atoms with Crippen molar-refractivity contribution in [3.8, 4) is 0 Å². The van der Waals surface area contributed by atoms with Crippen molar-refractivity contribution >= 4 is 27.5 Å². The van der Waals surface area contributed by atoms with Gasteiger partial charge in [0.15, 0.2) is 0 Å². The molecule has 0 atom stereocenters. The van der Waals surface area contributed by atoms with Crippen LogP contribution in [-0.4, -0.2) is 27.0 Å². The quantitative estimate of drug-likeness (QED) is 0.542. The molecule has 19 heavy (non-hydrogen) atoms. The van der Waals surface area contributed by atoms with E-state index in [-0.39, 0.29) is 5.75 Å². The van der Waals surface area contributed by atoms with Gasteiger partial charge in [0.2, 0.25) is 10.0 Å². The summed E-state index contributed by atoms with van der Waals surface area (Å²) >= 11 is 1.82. The van der Waals surface area contributed by atoms with Gasteiger partial charge >= 0.3 is 0 Å². The molecule has 0 unspecified atom stereocenters. The van der Waals surface area contributed by atoms with Crippen LogP contribution < -0.4 is 10.5 Å². The number of nitrogens with two attached hydrogens (primary N) is 1. The van der Waals surface area contributed by atoms with Crippen molar-refractivity contribution in [2.24, 2.45) is 0 Å². The van der Waals surface area contributed by atoms with E-state index in [9.17, 15) is 8.42 Å². The number of hydrogen-bond donors (Lipinski definition) is 2. The summed E-state index contributed by atoms with van der Waals surface area (Å²) in [5, 5.41) is 0. The molecule has 0 aliphatic carbocycles. The standard InChI is InChI=1S/C13H22N2O2S2/c1-18-10-4-2-3-9-15-19(16,17)11-12-5-7-13(14)8-6-12/h5-8,15H,2-4,9-11,14H2,1H3. The molecule has 108 valence electrons. The van der Waals surface area contributed by atoms with Gasteiger partial charge in [-0.3, -0.25) is 0 Å². The van der Waals surface area contributed by atoms with Crippen LogP contribution in [0.4, 0.5) is 5.69 Å². The van der Waals surface area contributed by atoms with Crippen molar-refractivity contribution in [1.82, 2.24) is 4.72 Å². The Kier molecular flexibility index (Phi) is 7.27. The van der Waals surface area contributed by atoms with Crippen molar-refractivity contribution in [1.29, 1.82) is 0 Å². The predicted molar refractivity (Wildman–Crippen MR) is 83.7 cm³/mol. The number of hydrogen-bond acceptors (Lipinski definition) is 4. The lowest BCUT2D eigenvalue weighted by Gasteiger charge is -2.07. The van der Waals surface area contributed by atoms with E-state index in [1.165, 1.54) is 0 Å². The summed E-state index contributed by atoms with van der Waals surface area (Å²) in [7, 11) is -3.24. The lowest BCUT2D eigenvalue weighted by molar-refractivity contribution is 0.575. The Balaban J connectivity index is 2.30. The van der Waals surface area contributed by atoms with Crippen LogP contribution in [0.1, 0.15) is 24.8 Å². The van der Waals surface area contributed by atoms with Crippen LogP contribution in [-0.2, 0) is 15.8 Å². The van der Waals surface area contributed by atoms with E-state index in [4.69, 9.17) is 5.73 Å². The Morgan fingerprint density at radius 2 is 1.84 bits per heavy atom. The molecular weight excluding hydrogens is 280 g/mol. The molecule has 0 spiro atoms. The Labute approximate surface area is 120 Å². The van der Waals surface area contributed by atoms with E-state index in [1.54, 1.807) is 24.3 Å². The van der Waals surface area contributed by atoms with Gasteiger partial charge in [-0.1, -0.05) is 18.6 Å². The minimum atomic E-state index is -3.24. The van der Waals surface area contributed by atoms with E-state index >= 15 is 0 Å². The van der Waals surface area contributed by atoms with Gasteiger partial charge in [0.25, 0.3) is 0 Å². The highest BCUT2D eigenvalue weighted by atomic mass is 32.2. The molecule has 0 fully saturated rings. The molecule has 0 bridgehead atoms. The molecule has 0 radical (unpaired) electrons. The first-order valence-electron chi connectivity index (χ1n) is 6.34. The van der Waals surface area contributed by atoms with Gasteiger partial charge in [-0.25, -0.2) is 13.1 Å². The van der Waals surface area contributed by atoms with Crippen LogP contribution >= 0.6 is 11.8 Å². The fourth-order valence-electron chi connectivity index (χ4n) is 1.66. The molecule has 6 heteroatoms. The topological polar surface area (TPSA) is 72.2 Å². The summed E-state index contributed by atoms with van der Waals surface area (Å²) in [6.07, 6.45) is 5.17. The number of rotatable bonds is 9. The molecule has 0 amide bonds. The molecule has 1 rings (SSSR count). The molecule has 1 aromatic carbocycles. The minimum Gasteiger partial charge on any atom is -0.399 e. The van der Waals surface area contributed by atoms with Crippen LogP contribution in [0.25, 0.3) is 0 Å². The number of anilines is 1. The minimum absolute atomic E-state index is 0.0120. The fourth-order valence-corrected chi connectivity index (χ4v) is 3.34. The number of nitrogen functional groups attached to an aromatic ring is 1. The van der Waals surface area contributed by atoms with Crippen LogP contribution in [0, 0.1) is 0 Å².